The van der Waals surface area contributed by atoms with E-state index in [9.17, 15) is 9.18 Å². The number of carboxylic acid groups (broad SMARTS) is 1. The summed E-state index contributed by atoms with van der Waals surface area (Å²) in [5, 5.41) is 9.24. The average Bonchev–Trinajstić information content (AvgIpc) is 2.44. The van der Waals surface area contributed by atoms with Gasteiger partial charge in [0, 0.05) is 16.7 Å². The minimum Gasteiger partial charge on any atom is -0.488 e. The van der Waals surface area contributed by atoms with Gasteiger partial charge in [0.15, 0.2) is 0 Å². The van der Waals surface area contributed by atoms with Gasteiger partial charge in [-0.15, -0.1) is 0 Å². The van der Waals surface area contributed by atoms with Crippen LogP contribution in [0.25, 0.3) is 6.08 Å². The highest BCUT2D eigenvalue weighted by atomic mass is 35.5. The molecule has 1 N–H and O–H groups in total. The van der Waals surface area contributed by atoms with Crippen molar-refractivity contribution in [3.8, 4) is 5.75 Å². The number of hydrogen-bond acceptors (Lipinski definition) is 2. The van der Waals surface area contributed by atoms with Crippen LogP contribution in [-0.4, -0.2) is 11.1 Å². The van der Waals surface area contributed by atoms with Gasteiger partial charge < -0.3 is 9.84 Å². The number of halogens is 2. The van der Waals surface area contributed by atoms with E-state index in [2.05, 4.69) is 0 Å². The summed E-state index contributed by atoms with van der Waals surface area (Å²) < 4.78 is 18.8. The minimum absolute atomic E-state index is 0.250. The third-order valence-corrected chi connectivity index (χ3v) is 2.90. The van der Waals surface area contributed by atoms with Gasteiger partial charge >= 0.3 is 5.97 Å². The first-order chi connectivity index (χ1) is 10.0. The lowest BCUT2D eigenvalue weighted by Gasteiger charge is -2.09. The summed E-state index contributed by atoms with van der Waals surface area (Å²) in [5.41, 5.74) is 1.22. The van der Waals surface area contributed by atoms with Crippen molar-refractivity contribution < 1.29 is 19.0 Å². The van der Waals surface area contributed by atoms with Crippen molar-refractivity contribution in [1.29, 1.82) is 0 Å². The fourth-order valence-electron chi connectivity index (χ4n) is 1.73. The number of carboxylic acids is 1. The lowest BCUT2D eigenvalue weighted by atomic mass is 10.1. The van der Waals surface area contributed by atoms with Crippen molar-refractivity contribution in [2.75, 3.05) is 0 Å². The molecular formula is C16H12ClFO3. The Labute approximate surface area is 126 Å². The molecule has 2 rings (SSSR count). The van der Waals surface area contributed by atoms with Gasteiger partial charge in [0.1, 0.15) is 18.2 Å². The molecule has 108 valence electrons. The maximum absolute atomic E-state index is 13.2. The van der Waals surface area contributed by atoms with Crippen molar-refractivity contribution in [2.45, 2.75) is 6.61 Å². The minimum atomic E-state index is -1.11. The third-order valence-electron chi connectivity index (χ3n) is 2.66. The Bertz CT molecular complexity index is 683. The standard InChI is InChI=1S/C16H12ClFO3/c17-13-3-1-2-11(8-13)10-21-15-6-5-14(18)9-12(15)4-7-16(19)20/h1-9H,10H2,(H,19,20)/b7-4+. The SMILES string of the molecule is O=C(O)/C=C/c1cc(F)ccc1OCc1cccc(Cl)c1. The summed E-state index contributed by atoms with van der Waals surface area (Å²) in [7, 11) is 0. The molecule has 0 saturated heterocycles. The second kappa shape index (κ2) is 6.90. The number of rotatable bonds is 5. The first kappa shape index (κ1) is 15.1. The predicted molar refractivity (Wildman–Crippen MR) is 78.9 cm³/mol. The first-order valence-corrected chi connectivity index (χ1v) is 6.50. The molecule has 0 radical (unpaired) electrons. The summed E-state index contributed by atoms with van der Waals surface area (Å²) in [6.45, 7) is 0.250. The molecule has 0 atom stereocenters. The molecule has 21 heavy (non-hydrogen) atoms. The fraction of sp³-hybridized carbons (Fsp3) is 0.0625. The van der Waals surface area contributed by atoms with Crippen molar-refractivity contribution in [3.05, 3.63) is 70.5 Å². The van der Waals surface area contributed by atoms with Crippen LogP contribution in [0.1, 0.15) is 11.1 Å². The van der Waals surface area contributed by atoms with E-state index < -0.39 is 11.8 Å². The molecular weight excluding hydrogens is 295 g/mol. The van der Waals surface area contributed by atoms with E-state index in [4.69, 9.17) is 21.4 Å². The summed E-state index contributed by atoms with van der Waals surface area (Å²) in [6, 6.07) is 11.1. The highest BCUT2D eigenvalue weighted by molar-refractivity contribution is 6.30. The second-order valence-corrected chi connectivity index (χ2v) is 4.71. The van der Waals surface area contributed by atoms with E-state index in [1.807, 2.05) is 6.07 Å². The van der Waals surface area contributed by atoms with Gasteiger partial charge in [-0.05, 0) is 42.0 Å². The number of ether oxygens (including phenoxy) is 1. The van der Waals surface area contributed by atoms with E-state index in [0.29, 0.717) is 16.3 Å². The van der Waals surface area contributed by atoms with Crippen LogP contribution in [0.2, 0.25) is 5.02 Å². The number of hydrogen-bond donors (Lipinski definition) is 1. The maximum Gasteiger partial charge on any atom is 0.328 e. The molecule has 0 spiro atoms. The Morgan fingerprint density at radius 2 is 2.10 bits per heavy atom. The van der Waals surface area contributed by atoms with Gasteiger partial charge in [-0.1, -0.05) is 23.7 Å². The molecule has 3 nitrogen and oxygen atoms in total. The highest BCUT2D eigenvalue weighted by Crippen LogP contribution is 2.23. The zero-order valence-corrected chi connectivity index (χ0v) is 11.7. The van der Waals surface area contributed by atoms with Crippen LogP contribution in [0, 0.1) is 5.82 Å². The smallest absolute Gasteiger partial charge is 0.328 e. The van der Waals surface area contributed by atoms with Crippen molar-refractivity contribution in [2.24, 2.45) is 0 Å². The molecule has 0 saturated carbocycles. The Hall–Kier alpha value is -2.33. The van der Waals surface area contributed by atoms with Crippen LogP contribution in [0.3, 0.4) is 0 Å². The maximum atomic E-state index is 13.2. The Balaban J connectivity index is 2.17. The molecule has 0 fully saturated rings. The van der Waals surface area contributed by atoms with Gasteiger partial charge in [0.2, 0.25) is 0 Å². The van der Waals surface area contributed by atoms with Crippen molar-refractivity contribution in [3.63, 3.8) is 0 Å². The van der Waals surface area contributed by atoms with Crippen LogP contribution in [0.4, 0.5) is 4.39 Å². The predicted octanol–water partition coefficient (Wildman–Crippen LogP) is 4.16. The van der Waals surface area contributed by atoms with Gasteiger partial charge in [-0.25, -0.2) is 9.18 Å². The molecule has 0 aliphatic carbocycles. The van der Waals surface area contributed by atoms with E-state index in [-0.39, 0.29) is 6.61 Å². The summed E-state index contributed by atoms with van der Waals surface area (Å²) >= 11 is 5.88. The van der Waals surface area contributed by atoms with E-state index in [1.165, 1.54) is 24.3 Å². The number of benzene rings is 2. The molecule has 2 aromatic carbocycles. The van der Waals surface area contributed by atoms with Gasteiger partial charge in [-0.3, -0.25) is 0 Å². The summed E-state index contributed by atoms with van der Waals surface area (Å²) in [6.07, 6.45) is 2.22. The number of carbonyl (C=O) groups is 1. The molecule has 0 amide bonds. The molecule has 0 aliphatic heterocycles. The monoisotopic (exact) mass is 306 g/mol. The topological polar surface area (TPSA) is 46.5 Å². The lowest BCUT2D eigenvalue weighted by molar-refractivity contribution is -0.131. The van der Waals surface area contributed by atoms with Crippen LogP contribution in [-0.2, 0) is 11.4 Å². The lowest BCUT2D eigenvalue weighted by Crippen LogP contribution is -1.97. The second-order valence-electron chi connectivity index (χ2n) is 4.27. The Morgan fingerprint density at radius 1 is 1.29 bits per heavy atom. The van der Waals surface area contributed by atoms with Crippen LogP contribution in [0.15, 0.2) is 48.5 Å². The Kier molecular flexibility index (Phi) is 4.95. The molecule has 2 aromatic rings. The quantitative estimate of drug-likeness (QED) is 0.844. The molecule has 0 unspecified atom stereocenters. The third kappa shape index (κ3) is 4.61. The molecule has 5 heteroatoms. The van der Waals surface area contributed by atoms with Gasteiger partial charge in [-0.2, -0.15) is 0 Å². The Morgan fingerprint density at radius 3 is 2.81 bits per heavy atom. The van der Waals surface area contributed by atoms with E-state index >= 15 is 0 Å². The number of aliphatic carboxylic acids is 1. The highest BCUT2D eigenvalue weighted by Gasteiger charge is 2.04. The first-order valence-electron chi connectivity index (χ1n) is 6.12. The summed E-state index contributed by atoms with van der Waals surface area (Å²) in [4.78, 5) is 10.5. The average molecular weight is 307 g/mol. The fourth-order valence-corrected chi connectivity index (χ4v) is 1.94. The van der Waals surface area contributed by atoms with Crippen molar-refractivity contribution >= 4 is 23.6 Å². The van der Waals surface area contributed by atoms with Crippen LogP contribution >= 0.6 is 11.6 Å². The normalized spacial score (nSPS) is 10.8. The van der Waals surface area contributed by atoms with Gasteiger partial charge in [0.25, 0.3) is 0 Å². The van der Waals surface area contributed by atoms with E-state index in [1.54, 1.807) is 18.2 Å². The van der Waals surface area contributed by atoms with Crippen LogP contribution < -0.4 is 4.74 Å². The molecule has 0 heterocycles. The molecule has 0 aromatic heterocycles. The van der Waals surface area contributed by atoms with Crippen molar-refractivity contribution in [1.82, 2.24) is 0 Å². The zero-order valence-electron chi connectivity index (χ0n) is 10.9. The summed E-state index contributed by atoms with van der Waals surface area (Å²) in [5.74, 6) is -1.18. The zero-order chi connectivity index (χ0) is 15.2. The molecule has 0 bridgehead atoms. The largest absolute Gasteiger partial charge is 0.488 e. The van der Waals surface area contributed by atoms with E-state index in [0.717, 1.165) is 11.6 Å². The van der Waals surface area contributed by atoms with Crippen LogP contribution in [0.5, 0.6) is 5.75 Å². The molecule has 0 aliphatic rings. The van der Waals surface area contributed by atoms with Gasteiger partial charge in [0.05, 0.1) is 0 Å².